The fraction of sp³-hybridized carbons (Fsp3) is 1.00. The quantitative estimate of drug-likeness (QED) is 0.649. The molecule has 15 heavy (non-hydrogen) atoms. The van der Waals surface area contributed by atoms with Crippen LogP contribution in [-0.2, 0) is 9.47 Å². The molecule has 0 aromatic rings. The largest absolute Gasteiger partial charge is 0.350 e. The number of ether oxygens (including phenoxy) is 2. The lowest BCUT2D eigenvalue weighted by atomic mass is 9.93. The van der Waals surface area contributed by atoms with Crippen LogP contribution in [0.3, 0.4) is 0 Å². The maximum absolute atomic E-state index is 5.83. The van der Waals surface area contributed by atoms with E-state index >= 15 is 0 Å². The van der Waals surface area contributed by atoms with E-state index in [1.807, 2.05) is 6.92 Å². The van der Waals surface area contributed by atoms with Crippen LogP contribution in [0.2, 0.25) is 0 Å². The zero-order chi connectivity index (χ0) is 11.3. The van der Waals surface area contributed by atoms with E-state index in [1.165, 1.54) is 32.1 Å². The maximum atomic E-state index is 5.83. The summed E-state index contributed by atoms with van der Waals surface area (Å²) in [6.45, 7) is 8.64. The highest BCUT2D eigenvalue weighted by Gasteiger charge is 2.31. The summed E-state index contributed by atoms with van der Waals surface area (Å²) in [5, 5.41) is 0. The Kier molecular flexibility index (Phi) is 5.62. The zero-order valence-electron chi connectivity index (χ0n) is 10.7. The van der Waals surface area contributed by atoms with Crippen molar-refractivity contribution in [3.05, 3.63) is 0 Å². The van der Waals surface area contributed by atoms with Gasteiger partial charge in [-0.15, -0.1) is 0 Å². The van der Waals surface area contributed by atoms with E-state index in [-0.39, 0.29) is 6.29 Å². The van der Waals surface area contributed by atoms with Crippen LogP contribution in [0.4, 0.5) is 0 Å². The Morgan fingerprint density at radius 3 is 2.33 bits per heavy atom. The molecule has 0 radical (unpaired) electrons. The van der Waals surface area contributed by atoms with Crippen LogP contribution in [0.15, 0.2) is 0 Å². The summed E-state index contributed by atoms with van der Waals surface area (Å²) in [4.78, 5) is 0. The SMILES string of the molecule is CCCCCC[C@@H]1O[C@H](C)O[C@@H](C)[C@@H]1C. The summed E-state index contributed by atoms with van der Waals surface area (Å²) in [6, 6.07) is 0. The van der Waals surface area contributed by atoms with Crippen molar-refractivity contribution in [1.29, 1.82) is 0 Å². The van der Waals surface area contributed by atoms with Gasteiger partial charge >= 0.3 is 0 Å². The molecule has 0 aliphatic carbocycles. The lowest BCUT2D eigenvalue weighted by Gasteiger charge is -2.38. The first-order valence-corrected chi connectivity index (χ1v) is 6.46. The van der Waals surface area contributed by atoms with Gasteiger partial charge in [0.25, 0.3) is 0 Å². The molecule has 0 amide bonds. The van der Waals surface area contributed by atoms with E-state index in [4.69, 9.17) is 9.47 Å². The first kappa shape index (κ1) is 13.0. The second-order valence-electron chi connectivity index (χ2n) is 4.79. The van der Waals surface area contributed by atoms with Crippen LogP contribution in [0.25, 0.3) is 0 Å². The van der Waals surface area contributed by atoms with Crippen molar-refractivity contribution >= 4 is 0 Å². The zero-order valence-corrected chi connectivity index (χ0v) is 10.7. The van der Waals surface area contributed by atoms with Gasteiger partial charge in [0.15, 0.2) is 6.29 Å². The number of unbranched alkanes of at least 4 members (excludes halogenated alkanes) is 3. The summed E-state index contributed by atoms with van der Waals surface area (Å²) in [7, 11) is 0. The third-order valence-electron chi connectivity index (χ3n) is 3.44. The summed E-state index contributed by atoms with van der Waals surface area (Å²) < 4.78 is 11.5. The molecule has 90 valence electrons. The molecule has 0 unspecified atom stereocenters. The molecule has 2 nitrogen and oxygen atoms in total. The van der Waals surface area contributed by atoms with Crippen LogP contribution >= 0.6 is 0 Å². The van der Waals surface area contributed by atoms with Gasteiger partial charge in [-0.2, -0.15) is 0 Å². The molecule has 0 spiro atoms. The molecule has 4 atom stereocenters. The van der Waals surface area contributed by atoms with Gasteiger partial charge in [0, 0.05) is 5.92 Å². The fourth-order valence-electron chi connectivity index (χ4n) is 2.23. The third-order valence-corrected chi connectivity index (χ3v) is 3.44. The van der Waals surface area contributed by atoms with Gasteiger partial charge in [0.1, 0.15) is 0 Å². The number of hydrogen-bond acceptors (Lipinski definition) is 2. The first-order valence-electron chi connectivity index (χ1n) is 6.46. The molecule has 1 rings (SSSR count). The highest BCUT2D eigenvalue weighted by atomic mass is 16.7. The molecule has 0 aromatic carbocycles. The Morgan fingerprint density at radius 2 is 1.67 bits per heavy atom. The van der Waals surface area contributed by atoms with Crippen LogP contribution in [0.1, 0.15) is 59.8 Å². The summed E-state index contributed by atoms with van der Waals surface area (Å²) in [5.41, 5.74) is 0. The van der Waals surface area contributed by atoms with Crippen LogP contribution in [0.5, 0.6) is 0 Å². The lowest BCUT2D eigenvalue weighted by molar-refractivity contribution is -0.254. The van der Waals surface area contributed by atoms with Crippen LogP contribution < -0.4 is 0 Å². The van der Waals surface area contributed by atoms with Gasteiger partial charge in [-0.05, 0) is 20.3 Å². The minimum absolute atomic E-state index is 0.0209. The van der Waals surface area contributed by atoms with Gasteiger partial charge < -0.3 is 9.47 Å². The predicted molar refractivity (Wildman–Crippen MR) is 62.8 cm³/mol. The Morgan fingerprint density at radius 1 is 0.933 bits per heavy atom. The average molecular weight is 214 g/mol. The molecule has 1 aliphatic rings. The van der Waals surface area contributed by atoms with Crippen molar-refractivity contribution in [2.75, 3.05) is 0 Å². The molecule has 0 saturated carbocycles. The molecule has 2 heteroatoms. The van der Waals surface area contributed by atoms with Crippen molar-refractivity contribution in [1.82, 2.24) is 0 Å². The Bertz CT molecular complexity index is 170. The van der Waals surface area contributed by atoms with Gasteiger partial charge in [0.05, 0.1) is 12.2 Å². The highest BCUT2D eigenvalue weighted by Crippen LogP contribution is 2.27. The molecule has 0 aromatic heterocycles. The first-order chi connectivity index (χ1) is 7.15. The van der Waals surface area contributed by atoms with Gasteiger partial charge in [-0.25, -0.2) is 0 Å². The lowest BCUT2D eigenvalue weighted by Crippen LogP contribution is -2.42. The molecule has 1 heterocycles. The maximum Gasteiger partial charge on any atom is 0.155 e. The second-order valence-corrected chi connectivity index (χ2v) is 4.79. The summed E-state index contributed by atoms with van der Waals surface area (Å²) >= 11 is 0. The minimum atomic E-state index is -0.0209. The molecule has 0 N–H and O–H groups in total. The predicted octanol–water partition coefficient (Wildman–Crippen LogP) is 3.74. The van der Waals surface area contributed by atoms with E-state index in [0.29, 0.717) is 18.1 Å². The van der Waals surface area contributed by atoms with Crippen molar-refractivity contribution in [2.45, 2.75) is 78.3 Å². The smallest absolute Gasteiger partial charge is 0.155 e. The minimum Gasteiger partial charge on any atom is -0.350 e. The third kappa shape index (κ3) is 4.12. The van der Waals surface area contributed by atoms with Gasteiger partial charge in [-0.3, -0.25) is 0 Å². The topological polar surface area (TPSA) is 18.5 Å². The molecular formula is C13H26O2. The highest BCUT2D eigenvalue weighted by molar-refractivity contribution is 4.76. The number of rotatable bonds is 5. The molecule has 1 fully saturated rings. The average Bonchev–Trinajstić information content (AvgIpc) is 2.19. The van der Waals surface area contributed by atoms with Crippen LogP contribution in [-0.4, -0.2) is 18.5 Å². The van der Waals surface area contributed by atoms with Gasteiger partial charge in [0.2, 0.25) is 0 Å². The standard InChI is InChI=1S/C13H26O2/c1-5-6-7-8-9-13-10(2)11(3)14-12(4)15-13/h10-13H,5-9H2,1-4H3/t10-,11-,12+,13-/m0/s1. The molecule has 1 saturated heterocycles. The van der Waals surface area contributed by atoms with E-state index in [9.17, 15) is 0 Å². The van der Waals surface area contributed by atoms with Gasteiger partial charge in [-0.1, -0.05) is 39.5 Å². The molecule has 0 bridgehead atoms. The van der Waals surface area contributed by atoms with Crippen molar-refractivity contribution < 1.29 is 9.47 Å². The molecular weight excluding hydrogens is 188 g/mol. The van der Waals surface area contributed by atoms with E-state index in [2.05, 4.69) is 20.8 Å². The Hall–Kier alpha value is -0.0800. The van der Waals surface area contributed by atoms with Crippen molar-refractivity contribution in [3.63, 3.8) is 0 Å². The normalized spacial score (nSPS) is 36.8. The number of hydrogen-bond donors (Lipinski definition) is 0. The van der Waals surface area contributed by atoms with E-state index in [0.717, 1.165) is 0 Å². The van der Waals surface area contributed by atoms with Crippen molar-refractivity contribution in [2.24, 2.45) is 5.92 Å². The fourth-order valence-corrected chi connectivity index (χ4v) is 2.23. The molecule has 1 aliphatic heterocycles. The second kappa shape index (κ2) is 6.49. The Balaban J connectivity index is 2.26. The van der Waals surface area contributed by atoms with Crippen LogP contribution in [0, 0.1) is 5.92 Å². The van der Waals surface area contributed by atoms with E-state index < -0.39 is 0 Å². The summed E-state index contributed by atoms with van der Waals surface area (Å²) in [5.74, 6) is 0.530. The monoisotopic (exact) mass is 214 g/mol. The Labute approximate surface area is 94.3 Å². The van der Waals surface area contributed by atoms with E-state index in [1.54, 1.807) is 0 Å². The summed E-state index contributed by atoms with van der Waals surface area (Å²) in [6.07, 6.45) is 7.20. The van der Waals surface area contributed by atoms with Crippen molar-refractivity contribution in [3.8, 4) is 0 Å².